The van der Waals surface area contributed by atoms with Gasteiger partial charge in [-0.15, -0.1) is 0 Å². The van der Waals surface area contributed by atoms with Crippen molar-refractivity contribution in [3.05, 3.63) is 101 Å². The number of para-hydroxylation sites is 2. The monoisotopic (exact) mass is 426 g/mol. The quantitative estimate of drug-likeness (QED) is 0.579. The lowest BCUT2D eigenvalue weighted by Crippen LogP contribution is -2.39. The van der Waals surface area contributed by atoms with Crippen LogP contribution in [0.25, 0.3) is 5.57 Å². The third-order valence-corrected chi connectivity index (χ3v) is 5.43. The van der Waals surface area contributed by atoms with Crippen LogP contribution in [0.2, 0.25) is 5.02 Å². The molecule has 0 unspecified atom stereocenters. The molecule has 0 radical (unpaired) electrons. The molecule has 7 heteroatoms. The molecular formula is C22H19ClN2O3S. The molecule has 0 spiro atoms. The van der Waals surface area contributed by atoms with Gasteiger partial charge < -0.3 is 0 Å². The summed E-state index contributed by atoms with van der Waals surface area (Å²) in [6.07, 6.45) is 0. The van der Waals surface area contributed by atoms with Crippen molar-refractivity contribution in [2.45, 2.75) is 6.92 Å². The van der Waals surface area contributed by atoms with Gasteiger partial charge in [0, 0.05) is 5.02 Å². The molecule has 1 N–H and O–H groups in total. The van der Waals surface area contributed by atoms with Crippen molar-refractivity contribution < 1.29 is 13.2 Å². The van der Waals surface area contributed by atoms with E-state index >= 15 is 0 Å². The van der Waals surface area contributed by atoms with Gasteiger partial charge in [-0.3, -0.25) is 4.90 Å². The maximum atomic E-state index is 12.9. The van der Waals surface area contributed by atoms with Gasteiger partial charge in [0.2, 0.25) is 0 Å². The molecule has 0 saturated carbocycles. The van der Waals surface area contributed by atoms with Crippen molar-refractivity contribution in [1.29, 1.82) is 0 Å². The summed E-state index contributed by atoms with van der Waals surface area (Å²) >= 11 is 5.97. The number of sulfonamides is 1. The number of carbonyl (C=O) groups is 1. The van der Waals surface area contributed by atoms with Gasteiger partial charge in [-0.1, -0.05) is 60.1 Å². The molecule has 29 heavy (non-hydrogen) atoms. The Morgan fingerprint density at radius 1 is 0.897 bits per heavy atom. The molecule has 0 aromatic heterocycles. The van der Waals surface area contributed by atoms with Crippen LogP contribution in [0.3, 0.4) is 0 Å². The van der Waals surface area contributed by atoms with Gasteiger partial charge in [0.25, 0.3) is 10.0 Å². The van der Waals surface area contributed by atoms with Crippen molar-refractivity contribution in [3.8, 4) is 0 Å². The van der Waals surface area contributed by atoms with E-state index in [2.05, 4.69) is 4.72 Å². The zero-order valence-electron chi connectivity index (χ0n) is 15.6. The second-order valence-electron chi connectivity index (χ2n) is 6.27. The normalized spacial score (nSPS) is 11.7. The molecule has 3 aromatic rings. The molecule has 2 amide bonds. The van der Waals surface area contributed by atoms with E-state index < -0.39 is 16.1 Å². The Kier molecular flexibility index (Phi) is 6.36. The maximum Gasteiger partial charge on any atom is 0.340 e. The van der Waals surface area contributed by atoms with Crippen LogP contribution in [-0.4, -0.2) is 14.4 Å². The van der Waals surface area contributed by atoms with Gasteiger partial charge in [-0.05, 0) is 54.5 Å². The fraction of sp³-hybridized carbons (Fsp3) is 0.0455. The highest BCUT2D eigenvalue weighted by Gasteiger charge is 2.22. The van der Waals surface area contributed by atoms with Crippen LogP contribution in [0.15, 0.2) is 90.3 Å². The van der Waals surface area contributed by atoms with Gasteiger partial charge in [0.05, 0.1) is 16.8 Å². The molecular weight excluding hydrogens is 408 g/mol. The minimum absolute atomic E-state index is 0.457. The van der Waals surface area contributed by atoms with Crippen LogP contribution in [0, 0.1) is 0 Å². The van der Waals surface area contributed by atoms with Crippen LogP contribution in [0.5, 0.6) is 0 Å². The van der Waals surface area contributed by atoms with Crippen LogP contribution in [0.1, 0.15) is 12.5 Å². The first-order valence-electron chi connectivity index (χ1n) is 8.77. The first kappa shape index (κ1) is 20.6. The summed E-state index contributed by atoms with van der Waals surface area (Å²) in [7, 11) is -4.05. The van der Waals surface area contributed by atoms with Crippen molar-refractivity contribution >= 4 is 44.6 Å². The molecule has 0 bridgehead atoms. The molecule has 5 nitrogen and oxygen atoms in total. The van der Waals surface area contributed by atoms with Gasteiger partial charge in [0.15, 0.2) is 0 Å². The van der Waals surface area contributed by atoms with E-state index in [4.69, 9.17) is 11.6 Å². The summed E-state index contributed by atoms with van der Waals surface area (Å²) in [5.41, 5.74) is 2.20. The molecule has 0 aliphatic heterocycles. The number of urea groups is 1. The largest absolute Gasteiger partial charge is 0.340 e. The second kappa shape index (κ2) is 8.94. The third kappa shape index (κ3) is 5.47. The first-order chi connectivity index (χ1) is 13.9. The molecule has 3 rings (SSSR count). The molecule has 3 aromatic carbocycles. The van der Waals surface area contributed by atoms with E-state index in [1.165, 1.54) is 4.90 Å². The lowest BCUT2D eigenvalue weighted by Gasteiger charge is -2.23. The van der Waals surface area contributed by atoms with E-state index in [9.17, 15) is 13.2 Å². The summed E-state index contributed by atoms with van der Waals surface area (Å²) in [6.45, 7) is 1.64. The van der Waals surface area contributed by atoms with E-state index in [-0.39, 0.29) is 0 Å². The van der Waals surface area contributed by atoms with Crippen LogP contribution < -0.4 is 9.62 Å². The number of nitrogens with zero attached hydrogens (tertiary/aromatic N) is 1. The molecule has 0 aliphatic rings. The molecule has 0 atom stereocenters. The molecule has 148 valence electrons. The number of rotatable bonds is 5. The number of halogens is 1. The Balaban J connectivity index is 1.90. The third-order valence-electron chi connectivity index (χ3n) is 4.07. The number of allylic oxidation sites excluding steroid dienone is 1. The second-order valence-corrected chi connectivity index (χ2v) is 8.24. The number of carbonyl (C=O) groups excluding carboxylic acids is 1. The van der Waals surface area contributed by atoms with Gasteiger partial charge in [-0.25, -0.2) is 17.9 Å². The highest BCUT2D eigenvalue weighted by atomic mass is 35.5. The Labute approximate surface area is 175 Å². The predicted octanol–water partition coefficient (Wildman–Crippen LogP) is 5.58. The number of hydrogen-bond acceptors (Lipinski definition) is 3. The first-order valence-corrected chi connectivity index (χ1v) is 10.7. The summed E-state index contributed by atoms with van der Waals surface area (Å²) in [4.78, 5) is 14.2. The van der Waals surface area contributed by atoms with Crippen LogP contribution in [-0.2, 0) is 10.0 Å². The standard InChI is InChI=1S/C22H19ClN2O3S/c1-17(18-9-8-10-19(23)15-18)16-29(27,28)24-22(26)25(20-11-4-2-5-12-20)21-13-6-3-7-14-21/h2-16H,1H3,(H,24,26)/b17-16+. The van der Waals surface area contributed by atoms with Crippen LogP contribution in [0.4, 0.5) is 16.2 Å². The Morgan fingerprint density at radius 3 is 1.97 bits per heavy atom. The summed E-state index contributed by atoms with van der Waals surface area (Å²) in [5, 5.41) is 1.51. The van der Waals surface area contributed by atoms with Crippen molar-refractivity contribution in [2.24, 2.45) is 0 Å². The SMILES string of the molecule is C/C(=C\S(=O)(=O)NC(=O)N(c1ccccc1)c1ccccc1)c1cccc(Cl)c1. The number of amides is 2. The lowest BCUT2D eigenvalue weighted by molar-refractivity contribution is 0.253. The molecule has 0 saturated heterocycles. The molecule has 0 fully saturated rings. The maximum absolute atomic E-state index is 12.9. The number of nitrogens with one attached hydrogen (secondary N) is 1. The summed E-state index contributed by atoms with van der Waals surface area (Å²) in [5.74, 6) is 0. The van der Waals surface area contributed by atoms with Crippen LogP contribution >= 0.6 is 11.6 Å². The number of hydrogen-bond donors (Lipinski definition) is 1. The molecule has 0 heterocycles. The fourth-order valence-electron chi connectivity index (χ4n) is 2.77. The average Bonchev–Trinajstić information content (AvgIpc) is 2.69. The van der Waals surface area contributed by atoms with Gasteiger partial charge in [0.1, 0.15) is 0 Å². The summed E-state index contributed by atoms with van der Waals surface area (Å²) < 4.78 is 27.3. The van der Waals surface area contributed by atoms with E-state index in [0.29, 0.717) is 27.5 Å². The zero-order valence-corrected chi connectivity index (χ0v) is 17.2. The van der Waals surface area contributed by atoms with Crippen molar-refractivity contribution in [2.75, 3.05) is 4.90 Å². The molecule has 0 aliphatic carbocycles. The predicted molar refractivity (Wildman–Crippen MR) is 118 cm³/mol. The number of benzene rings is 3. The zero-order chi connectivity index (χ0) is 20.9. The van der Waals surface area contributed by atoms with Crippen molar-refractivity contribution in [1.82, 2.24) is 4.72 Å². The van der Waals surface area contributed by atoms with E-state index in [0.717, 1.165) is 5.41 Å². The lowest BCUT2D eigenvalue weighted by atomic mass is 10.1. The van der Waals surface area contributed by atoms with Gasteiger partial charge >= 0.3 is 6.03 Å². The minimum atomic E-state index is -4.05. The minimum Gasteiger partial charge on any atom is -0.262 e. The highest BCUT2D eigenvalue weighted by Crippen LogP contribution is 2.25. The Hall–Kier alpha value is -3.09. The smallest absolute Gasteiger partial charge is 0.262 e. The van der Waals surface area contributed by atoms with Crippen molar-refractivity contribution in [3.63, 3.8) is 0 Å². The Morgan fingerprint density at radius 2 is 1.45 bits per heavy atom. The Bertz CT molecular complexity index is 1090. The summed E-state index contributed by atoms with van der Waals surface area (Å²) in [6, 6.07) is 23.7. The fourth-order valence-corrected chi connectivity index (χ4v) is 3.95. The number of anilines is 2. The van der Waals surface area contributed by atoms with E-state index in [1.54, 1.807) is 79.7 Å². The van der Waals surface area contributed by atoms with E-state index in [1.807, 2.05) is 12.1 Å². The highest BCUT2D eigenvalue weighted by molar-refractivity contribution is 7.93. The topological polar surface area (TPSA) is 66.5 Å². The van der Waals surface area contributed by atoms with Gasteiger partial charge in [-0.2, -0.15) is 0 Å². The average molecular weight is 427 g/mol.